The van der Waals surface area contributed by atoms with E-state index in [-0.39, 0.29) is 5.54 Å². The standard InChI is InChI=1S/C10H15Cl2N3S/c1-10(2,3)15-9(13)14-5-6-4-7(11)16-8(6)12/h4H,5H2,1-3H3,(H3,13,14,15). The molecule has 0 spiro atoms. The Labute approximate surface area is 110 Å². The van der Waals surface area contributed by atoms with E-state index in [1.807, 2.05) is 26.8 Å². The van der Waals surface area contributed by atoms with Crippen molar-refractivity contribution in [2.24, 2.45) is 10.7 Å². The van der Waals surface area contributed by atoms with Crippen LogP contribution < -0.4 is 11.1 Å². The number of halogens is 2. The van der Waals surface area contributed by atoms with Crippen LogP contribution in [0.15, 0.2) is 11.1 Å². The number of hydrogen-bond acceptors (Lipinski definition) is 2. The molecule has 0 aliphatic heterocycles. The third-order valence-electron chi connectivity index (χ3n) is 1.65. The fraction of sp³-hybridized carbons (Fsp3) is 0.500. The summed E-state index contributed by atoms with van der Waals surface area (Å²) >= 11 is 13.1. The van der Waals surface area contributed by atoms with E-state index in [1.54, 1.807) is 0 Å². The number of rotatable bonds is 2. The first-order valence-corrected chi connectivity index (χ1v) is 6.37. The maximum Gasteiger partial charge on any atom is 0.189 e. The van der Waals surface area contributed by atoms with Gasteiger partial charge in [0.15, 0.2) is 5.96 Å². The lowest BCUT2D eigenvalue weighted by Crippen LogP contribution is -2.44. The number of nitrogens with two attached hydrogens (primary N) is 1. The molecule has 16 heavy (non-hydrogen) atoms. The van der Waals surface area contributed by atoms with E-state index in [9.17, 15) is 0 Å². The second-order valence-electron chi connectivity index (χ2n) is 4.43. The van der Waals surface area contributed by atoms with Gasteiger partial charge < -0.3 is 11.1 Å². The molecular weight excluding hydrogens is 265 g/mol. The summed E-state index contributed by atoms with van der Waals surface area (Å²) in [6.07, 6.45) is 0. The summed E-state index contributed by atoms with van der Waals surface area (Å²) in [7, 11) is 0. The molecule has 0 saturated carbocycles. The average Bonchev–Trinajstić information content (AvgIpc) is 2.38. The van der Waals surface area contributed by atoms with Gasteiger partial charge in [0.05, 0.1) is 15.2 Å². The van der Waals surface area contributed by atoms with Crippen molar-refractivity contribution in [3.63, 3.8) is 0 Å². The topological polar surface area (TPSA) is 50.4 Å². The molecule has 1 aromatic heterocycles. The molecular formula is C10H15Cl2N3S. The van der Waals surface area contributed by atoms with E-state index in [1.165, 1.54) is 11.3 Å². The third-order valence-corrected chi connectivity index (χ3v) is 3.22. The Morgan fingerprint density at radius 3 is 2.56 bits per heavy atom. The normalized spacial score (nSPS) is 12.9. The van der Waals surface area contributed by atoms with Gasteiger partial charge in [0, 0.05) is 11.1 Å². The second kappa shape index (κ2) is 5.25. The van der Waals surface area contributed by atoms with E-state index in [0.717, 1.165) is 5.56 Å². The number of guanidine groups is 1. The van der Waals surface area contributed by atoms with Crippen LogP contribution in [0.3, 0.4) is 0 Å². The number of nitrogens with zero attached hydrogens (tertiary/aromatic N) is 1. The summed E-state index contributed by atoms with van der Waals surface area (Å²) in [5.74, 6) is 0.408. The molecule has 0 saturated heterocycles. The molecule has 3 N–H and O–H groups in total. The van der Waals surface area contributed by atoms with Crippen molar-refractivity contribution in [3.05, 3.63) is 20.3 Å². The zero-order chi connectivity index (χ0) is 12.3. The molecule has 0 bridgehead atoms. The highest BCUT2D eigenvalue weighted by atomic mass is 35.5. The minimum Gasteiger partial charge on any atom is -0.370 e. The van der Waals surface area contributed by atoms with Gasteiger partial charge >= 0.3 is 0 Å². The number of aliphatic imine (C=N–C) groups is 1. The largest absolute Gasteiger partial charge is 0.370 e. The predicted molar refractivity (Wildman–Crippen MR) is 72.6 cm³/mol. The summed E-state index contributed by atoms with van der Waals surface area (Å²) < 4.78 is 1.33. The molecule has 90 valence electrons. The fourth-order valence-electron chi connectivity index (χ4n) is 1.08. The van der Waals surface area contributed by atoms with E-state index < -0.39 is 0 Å². The molecule has 1 heterocycles. The quantitative estimate of drug-likeness (QED) is 0.645. The zero-order valence-electron chi connectivity index (χ0n) is 9.47. The number of hydrogen-bond donors (Lipinski definition) is 2. The van der Waals surface area contributed by atoms with Crippen molar-refractivity contribution in [1.82, 2.24) is 5.32 Å². The van der Waals surface area contributed by atoms with E-state index in [0.29, 0.717) is 21.2 Å². The van der Waals surface area contributed by atoms with Gasteiger partial charge in [0.1, 0.15) is 0 Å². The van der Waals surface area contributed by atoms with Crippen LogP contribution in [0.4, 0.5) is 0 Å². The molecule has 0 amide bonds. The highest BCUT2D eigenvalue weighted by Gasteiger charge is 2.10. The van der Waals surface area contributed by atoms with Crippen LogP contribution in [0.1, 0.15) is 26.3 Å². The molecule has 0 aliphatic carbocycles. The maximum atomic E-state index is 5.97. The Bertz CT molecular complexity index is 393. The van der Waals surface area contributed by atoms with Gasteiger partial charge in [-0.2, -0.15) is 0 Å². The van der Waals surface area contributed by atoms with Crippen molar-refractivity contribution in [1.29, 1.82) is 0 Å². The molecule has 0 fully saturated rings. The van der Waals surface area contributed by atoms with E-state index in [2.05, 4.69) is 10.3 Å². The average molecular weight is 280 g/mol. The first kappa shape index (κ1) is 13.6. The van der Waals surface area contributed by atoms with Crippen LogP contribution in [0, 0.1) is 0 Å². The third kappa shape index (κ3) is 4.60. The van der Waals surface area contributed by atoms with Crippen LogP contribution in [0.2, 0.25) is 8.67 Å². The maximum absolute atomic E-state index is 5.97. The Balaban J connectivity index is 2.62. The Morgan fingerprint density at radius 2 is 2.12 bits per heavy atom. The second-order valence-corrected chi connectivity index (χ2v) is 6.71. The van der Waals surface area contributed by atoms with Gasteiger partial charge in [0.2, 0.25) is 0 Å². The summed E-state index contributed by atoms with van der Waals surface area (Å²) in [6, 6.07) is 1.81. The van der Waals surface area contributed by atoms with Gasteiger partial charge in [0.25, 0.3) is 0 Å². The van der Waals surface area contributed by atoms with Crippen LogP contribution >= 0.6 is 34.5 Å². The smallest absolute Gasteiger partial charge is 0.189 e. The molecule has 6 heteroatoms. The predicted octanol–water partition coefficient (Wildman–Crippen LogP) is 3.26. The summed E-state index contributed by atoms with van der Waals surface area (Å²) in [5.41, 5.74) is 6.54. The van der Waals surface area contributed by atoms with Crippen molar-refractivity contribution in [2.45, 2.75) is 32.9 Å². The molecule has 0 unspecified atom stereocenters. The van der Waals surface area contributed by atoms with Crippen molar-refractivity contribution < 1.29 is 0 Å². The molecule has 0 aromatic carbocycles. The number of thiophene rings is 1. The number of nitrogens with one attached hydrogen (secondary N) is 1. The first-order valence-electron chi connectivity index (χ1n) is 4.80. The Hall–Kier alpha value is -0.450. The first-order chi connectivity index (χ1) is 7.28. The highest BCUT2D eigenvalue weighted by molar-refractivity contribution is 7.20. The SMILES string of the molecule is CC(C)(C)NC(N)=NCc1cc(Cl)sc1Cl. The summed E-state index contributed by atoms with van der Waals surface area (Å²) in [4.78, 5) is 4.20. The lowest BCUT2D eigenvalue weighted by Gasteiger charge is -2.20. The van der Waals surface area contributed by atoms with Crippen molar-refractivity contribution in [2.75, 3.05) is 0 Å². The highest BCUT2D eigenvalue weighted by Crippen LogP contribution is 2.31. The van der Waals surface area contributed by atoms with Crippen LogP contribution in [0.5, 0.6) is 0 Å². The fourth-order valence-corrected chi connectivity index (χ4v) is 2.55. The lowest BCUT2D eigenvalue weighted by atomic mass is 10.1. The minimum absolute atomic E-state index is 0.0936. The molecule has 1 aromatic rings. The minimum atomic E-state index is -0.0936. The van der Waals surface area contributed by atoms with E-state index in [4.69, 9.17) is 28.9 Å². The van der Waals surface area contributed by atoms with Gasteiger partial charge in [-0.05, 0) is 26.8 Å². The van der Waals surface area contributed by atoms with Crippen molar-refractivity contribution in [3.8, 4) is 0 Å². The Kier molecular flexibility index (Phi) is 4.47. The van der Waals surface area contributed by atoms with Crippen LogP contribution in [-0.4, -0.2) is 11.5 Å². The molecule has 3 nitrogen and oxygen atoms in total. The zero-order valence-corrected chi connectivity index (χ0v) is 11.8. The van der Waals surface area contributed by atoms with Crippen LogP contribution in [0.25, 0.3) is 0 Å². The molecule has 0 atom stereocenters. The molecule has 1 rings (SSSR count). The Morgan fingerprint density at radius 1 is 1.50 bits per heavy atom. The van der Waals surface area contributed by atoms with E-state index >= 15 is 0 Å². The van der Waals surface area contributed by atoms with Gasteiger partial charge in [-0.15, -0.1) is 11.3 Å². The van der Waals surface area contributed by atoms with Gasteiger partial charge in [-0.3, -0.25) is 0 Å². The van der Waals surface area contributed by atoms with Gasteiger partial charge in [-0.1, -0.05) is 23.2 Å². The lowest BCUT2D eigenvalue weighted by molar-refractivity contribution is 0.508. The van der Waals surface area contributed by atoms with Crippen LogP contribution in [-0.2, 0) is 6.54 Å². The van der Waals surface area contributed by atoms with Gasteiger partial charge in [-0.25, -0.2) is 4.99 Å². The monoisotopic (exact) mass is 279 g/mol. The summed E-state index contributed by atoms with van der Waals surface area (Å²) in [6.45, 7) is 6.49. The molecule has 0 radical (unpaired) electrons. The summed E-state index contributed by atoms with van der Waals surface area (Å²) in [5, 5.41) is 3.07. The van der Waals surface area contributed by atoms with Crippen molar-refractivity contribution >= 4 is 40.5 Å². The molecule has 0 aliphatic rings.